The first-order valence-corrected chi connectivity index (χ1v) is 9.80. The SMILES string of the molecule is COc1ccc(N2C(=S)C(C#N)=C(N)NC2c2ccc(-c3cccc(Cl)c3)o2)cc1. The van der Waals surface area contributed by atoms with E-state index in [1.807, 2.05) is 54.6 Å². The highest BCUT2D eigenvalue weighted by Gasteiger charge is 2.34. The second kappa shape index (κ2) is 8.11. The maximum absolute atomic E-state index is 9.52. The number of methoxy groups -OCH3 is 1. The number of furan rings is 1. The van der Waals surface area contributed by atoms with Gasteiger partial charge in [0, 0.05) is 16.3 Å². The number of rotatable bonds is 4. The number of nitrogens with one attached hydrogen (secondary N) is 1. The van der Waals surface area contributed by atoms with Gasteiger partial charge in [0.1, 0.15) is 39.7 Å². The average molecular weight is 437 g/mol. The molecule has 1 atom stereocenters. The fourth-order valence-electron chi connectivity index (χ4n) is 3.25. The number of nitrogens with zero attached hydrogens (tertiary/aromatic N) is 2. The van der Waals surface area contributed by atoms with Crippen LogP contribution in [0.25, 0.3) is 11.3 Å². The first-order chi connectivity index (χ1) is 14.5. The fraction of sp³-hybridized carbons (Fsp3) is 0.0909. The molecule has 3 N–H and O–H groups in total. The van der Waals surface area contributed by atoms with Gasteiger partial charge in [-0.25, -0.2) is 0 Å². The van der Waals surface area contributed by atoms with Crippen LogP contribution >= 0.6 is 23.8 Å². The first-order valence-electron chi connectivity index (χ1n) is 9.01. The van der Waals surface area contributed by atoms with Crippen molar-refractivity contribution in [1.29, 1.82) is 5.26 Å². The molecule has 0 fully saturated rings. The molecule has 2 aromatic carbocycles. The van der Waals surface area contributed by atoms with Gasteiger partial charge >= 0.3 is 0 Å². The van der Waals surface area contributed by atoms with Crippen LogP contribution in [0.15, 0.2) is 76.5 Å². The van der Waals surface area contributed by atoms with E-state index >= 15 is 0 Å². The van der Waals surface area contributed by atoms with Crippen LogP contribution in [0.2, 0.25) is 5.02 Å². The predicted octanol–water partition coefficient (Wildman–Crippen LogP) is 4.74. The third-order valence-corrected chi connectivity index (χ3v) is 5.36. The predicted molar refractivity (Wildman–Crippen MR) is 120 cm³/mol. The summed E-state index contributed by atoms with van der Waals surface area (Å²) in [6.45, 7) is 0. The lowest BCUT2D eigenvalue weighted by Gasteiger charge is -2.37. The van der Waals surface area contributed by atoms with Crippen molar-refractivity contribution in [3.05, 3.63) is 82.8 Å². The van der Waals surface area contributed by atoms with Crippen molar-refractivity contribution in [3.63, 3.8) is 0 Å². The minimum Gasteiger partial charge on any atom is -0.497 e. The molecule has 0 bridgehead atoms. The summed E-state index contributed by atoms with van der Waals surface area (Å²) in [5, 5.41) is 13.3. The Morgan fingerprint density at radius 3 is 2.63 bits per heavy atom. The van der Waals surface area contributed by atoms with E-state index in [0.717, 1.165) is 11.3 Å². The van der Waals surface area contributed by atoms with E-state index in [1.165, 1.54) is 0 Å². The van der Waals surface area contributed by atoms with E-state index < -0.39 is 6.17 Å². The van der Waals surface area contributed by atoms with Gasteiger partial charge in [0.15, 0.2) is 6.17 Å². The molecule has 1 aliphatic heterocycles. The summed E-state index contributed by atoms with van der Waals surface area (Å²) in [7, 11) is 1.60. The molecule has 1 unspecified atom stereocenters. The zero-order valence-electron chi connectivity index (χ0n) is 15.9. The highest BCUT2D eigenvalue weighted by Crippen LogP contribution is 2.35. The van der Waals surface area contributed by atoms with Crippen LogP contribution < -0.4 is 20.7 Å². The Balaban J connectivity index is 1.77. The van der Waals surface area contributed by atoms with Crippen LogP contribution in [0, 0.1) is 11.3 Å². The van der Waals surface area contributed by atoms with Crippen molar-refractivity contribution in [3.8, 4) is 23.1 Å². The second-order valence-electron chi connectivity index (χ2n) is 6.53. The lowest BCUT2D eigenvalue weighted by molar-refractivity contribution is 0.414. The molecule has 0 radical (unpaired) electrons. The summed E-state index contributed by atoms with van der Waals surface area (Å²) >= 11 is 11.7. The molecule has 0 saturated carbocycles. The Hall–Kier alpha value is -3.47. The van der Waals surface area contributed by atoms with Crippen LogP contribution in [-0.4, -0.2) is 12.1 Å². The van der Waals surface area contributed by atoms with Crippen LogP contribution in [0.5, 0.6) is 5.75 Å². The van der Waals surface area contributed by atoms with Crippen LogP contribution in [-0.2, 0) is 0 Å². The summed E-state index contributed by atoms with van der Waals surface area (Å²) in [6, 6.07) is 20.5. The van der Waals surface area contributed by atoms with E-state index in [4.69, 9.17) is 38.7 Å². The summed E-state index contributed by atoms with van der Waals surface area (Å²) in [5.74, 6) is 2.16. The van der Waals surface area contributed by atoms with Crippen molar-refractivity contribution in [2.45, 2.75) is 6.17 Å². The second-order valence-corrected chi connectivity index (χ2v) is 7.36. The van der Waals surface area contributed by atoms with E-state index in [9.17, 15) is 5.26 Å². The molecule has 0 aliphatic carbocycles. The summed E-state index contributed by atoms with van der Waals surface area (Å²) < 4.78 is 11.4. The Labute approximate surface area is 184 Å². The van der Waals surface area contributed by atoms with E-state index in [-0.39, 0.29) is 11.4 Å². The number of anilines is 1. The molecule has 3 aromatic rings. The summed E-state index contributed by atoms with van der Waals surface area (Å²) in [6.07, 6.45) is -0.532. The van der Waals surface area contributed by atoms with E-state index in [0.29, 0.717) is 27.3 Å². The smallest absolute Gasteiger partial charge is 0.165 e. The Bertz CT molecular complexity index is 1180. The molecule has 30 heavy (non-hydrogen) atoms. The Morgan fingerprint density at radius 1 is 1.20 bits per heavy atom. The molecule has 1 aliphatic rings. The highest BCUT2D eigenvalue weighted by molar-refractivity contribution is 7.81. The number of nitriles is 1. The third-order valence-electron chi connectivity index (χ3n) is 4.72. The van der Waals surface area contributed by atoms with E-state index in [2.05, 4.69) is 11.4 Å². The lowest BCUT2D eigenvalue weighted by atomic mass is 10.1. The highest BCUT2D eigenvalue weighted by atomic mass is 35.5. The molecule has 2 heterocycles. The standard InChI is InChI=1S/C22H17ClN4O2S/c1-28-16-7-5-15(6-8-16)27-21(26-20(25)17(12-24)22(27)30)19-10-9-18(29-19)13-3-2-4-14(23)11-13/h2-11,21,26H,25H2,1H3. The zero-order valence-corrected chi connectivity index (χ0v) is 17.5. The minimum atomic E-state index is -0.532. The van der Waals surface area contributed by atoms with Gasteiger partial charge in [0.25, 0.3) is 0 Å². The topological polar surface area (TPSA) is 87.5 Å². The summed E-state index contributed by atoms with van der Waals surface area (Å²) in [5.41, 5.74) is 7.91. The Kier molecular flexibility index (Phi) is 5.36. The number of ether oxygens (including phenoxy) is 1. The number of hydrogen-bond acceptors (Lipinski definition) is 6. The molecule has 0 amide bonds. The molecule has 8 heteroatoms. The van der Waals surface area contributed by atoms with Gasteiger partial charge in [-0.05, 0) is 48.5 Å². The molecular weight excluding hydrogens is 420 g/mol. The third kappa shape index (κ3) is 3.59. The molecular formula is C22H17ClN4O2S. The van der Waals surface area contributed by atoms with Gasteiger partial charge in [-0.3, -0.25) is 0 Å². The largest absolute Gasteiger partial charge is 0.497 e. The first kappa shape index (κ1) is 19.8. The van der Waals surface area contributed by atoms with Gasteiger partial charge < -0.3 is 25.1 Å². The number of hydrogen-bond donors (Lipinski definition) is 2. The molecule has 1 aromatic heterocycles. The average Bonchev–Trinajstić information content (AvgIpc) is 3.24. The van der Waals surface area contributed by atoms with Crippen LogP contribution in [0.1, 0.15) is 11.9 Å². The number of benzene rings is 2. The summed E-state index contributed by atoms with van der Waals surface area (Å²) in [4.78, 5) is 2.11. The van der Waals surface area contributed by atoms with Gasteiger partial charge in [0.05, 0.1) is 7.11 Å². The molecule has 4 rings (SSSR count). The van der Waals surface area contributed by atoms with Crippen molar-refractivity contribution in [1.82, 2.24) is 5.32 Å². The molecule has 6 nitrogen and oxygen atoms in total. The monoisotopic (exact) mass is 436 g/mol. The molecule has 0 saturated heterocycles. The van der Waals surface area contributed by atoms with Gasteiger partial charge in [-0.2, -0.15) is 5.26 Å². The van der Waals surface area contributed by atoms with E-state index in [1.54, 1.807) is 18.1 Å². The van der Waals surface area contributed by atoms with Gasteiger partial charge in [-0.1, -0.05) is 36.0 Å². The van der Waals surface area contributed by atoms with Crippen LogP contribution in [0.3, 0.4) is 0 Å². The molecule has 0 spiro atoms. The Morgan fingerprint density at radius 2 is 1.97 bits per heavy atom. The quantitative estimate of drug-likeness (QED) is 0.571. The molecule has 150 valence electrons. The lowest BCUT2D eigenvalue weighted by Crippen LogP contribution is -2.48. The number of nitrogens with two attached hydrogens (primary N) is 1. The van der Waals surface area contributed by atoms with Crippen molar-refractivity contribution in [2.24, 2.45) is 5.73 Å². The van der Waals surface area contributed by atoms with Crippen LogP contribution in [0.4, 0.5) is 5.69 Å². The van der Waals surface area contributed by atoms with Crippen molar-refractivity contribution < 1.29 is 9.15 Å². The fourth-order valence-corrected chi connectivity index (χ4v) is 3.81. The maximum Gasteiger partial charge on any atom is 0.165 e. The van der Waals surface area contributed by atoms with Gasteiger partial charge in [-0.15, -0.1) is 0 Å². The normalized spacial score (nSPS) is 16.2. The van der Waals surface area contributed by atoms with Crippen molar-refractivity contribution in [2.75, 3.05) is 12.0 Å². The van der Waals surface area contributed by atoms with Gasteiger partial charge in [0.2, 0.25) is 0 Å². The minimum absolute atomic E-state index is 0.206. The number of halogens is 1. The maximum atomic E-state index is 9.52. The zero-order chi connectivity index (χ0) is 21.3. The number of thiocarbonyl (C=S) groups is 1. The van der Waals surface area contributed by atoms with Crippen molar-refractivity contribution >= 4 is 34.5 Å².